The Morgan fingerprint density at radius 3 is 2.57 bits per heavy atom. The Bertz CT molecular complexity index is 618. The molecule has 0 aliphatic heterocycles. The Hall–Kier alpha value is -1.72. The number of rotatable bonds is 4. The zero-order valence-corrected chi connectivity index (χ0v) is 12.5. The molecule has 2 aromatic rings. The third kappa shape index (κ3) is 2.59. The molecule has 6 nitrogen and oxygen atoms in total. The van der Waals surface area contributed by atoms with Crippen LogP contribution >= 0.6 is 0 Å². The van der Waals surface area contributed by atoms with E-state index < -0.39 is 0 Å². The number of aromatic amines is 1. The van der Waals surface area contributed by atoms with E-state index in [1.54, 1.807) is 0 Å². The maximum absolute atomic E-state index is 4.79. The van der Waals surface area contributed by atoms with E-state index in [2.05, 4.69) is 20.1 Å². The van der Waals surface area contributed by atoms with Crippen molar-refractivity contribution in [1.82, 2.24) is 30.2 Å². The first-order valence-electron chi connectivity index (χ1n) is 8.13. The molecule has 2 saturated carbocycles. The van der Waals surface area contributed by atoms with Crippen molar-refractivity contribution in [3.05, 3.63) is 11.5 Å². The second kappa shape index (κ2) is 5.24. The highest BCUT2D eigenvalue weighted by atomic mass is 15.4. The van der Waals surface area contributed by atoms with Gasteiger partial charge in [-0.1, -0.05) is 19.3 Å². The fourth-order valence-corrected chi connectivity index (χ4v) is 3.29. The van der Waals surface area contributed by atoms with Crippen LogP contribution in [0.25, 0.3) is 11.5 Å². The van der Waals surface area contributed by atoms with Crippen LogP contribution < -0.4 is 0 Å². The van der Waals surface area contributed by atoms with Crippen molar-refractivity contribution in [2.24, 2.45) is 5.92 Å². The van der Waals surface area contributed by atoms with Crippen molar-refractivity contribution in [2.45, 2.75) is 64.3 Å². The van der Waals surface area contributed by atoms with Gasteiger partial charge in [0.2, 0.25) is 0 Å². The number of hydrogen-bond acceptors (Lipinski definition) is 4. The van der Waals surface area contributed by atoms with Crippen LogP contribution in [0.2, 0.25) is 0 Å². The van der Waals surface area contributed by atoms with Crippen molar-refractivity contribution in [2.75, 3.05) is 0 Å². The quantitative estimate of drug-likeness (QED) is 0.938. The van der Waals surface area contributed by atoms with E-state index in [9.17, 15) is 0 Å². The summed E-state index contributed by atoms with van der Waals surface area (Å²) >= 11 is 0. The lowest BCUT2D eigenvalue weighted by atomic mass is 9.89. The van der Waals surface area contributed by atoms with Crippen LogP contribution in [-0.2, 0) is 6.54 Å². The third-order valence-electron chi connectivity index (χ3n) is 4.72. The van der Waals surface area contributed by atoms with E-state index >= 15 is 0 Å². The molecule has 21 heavy (non-hydrogen) atoms. The number of aromatic nitrogens is 6. The molecular formula is C15H22N6. The van der Waals surface area contributed by atoms with Gasteiger partial charge in [0.15, 0.2) is 17.3 Å². The molecule has 2 fully saturated rings. The van der Waals surface area contributed by atoms with Gasteiger partial charge >= 0.3 is 0 Å². The maximum Gasteiger partial charge on any atom is 0.180 e. The van der Waals surface area contributed by atoms with Crippen molar-refractivity contribution >= 4 is 0 Å². The highest BCUT2D eigenvalue weighted by molar-refractivity contribution is 5.51. The summed E-state index contributed by atoms with van der Waals surface area (Å²) in [4.78, 5) is 4.77. The predicted octanol–water partition coefficient (Wildman–Crippen LogP) is 2.83. The molecule has 0 unspecified atom stereocenters. The minimum Gasteiger partial charge on any atom is -0.244 e. The van der Waals surface area contributed by atoms with Crippen molar-refractivity contribution in [3.63, 3.8) is 0 Å². The van der Waals surface area contributed by atoms with Gasteiger partial charge in [0.1, 0.15) is 0 Å². The molecule has 0 atom stereocenters. The van der Waals surface area contributed by atoms with Gasteiger partial charge in [-0.2, -0.15) is 20.5 Å². The van der Waals surface area contributed by atoms with Crippen LogP contribution in [0.15, 0.2) is 0 Å². The standard InChI is InChI=1S/C15H22N6/c1-10-13(18-20-17-10)15-16-14(12-7-8-12)19-21(15)9-11-5-3-2-4-6-11/h11-12H,2-9H2,1H3,(H,17,18,20). The van der Waals surface area contributed by atoms with Crippen LogP contribution in [0.5, 0.6) is 0 Å². The van der Waals surface area contributed by atoms with Gasteiger partial charge < -0.3 is 0 Å². The summed E-state index contributed by atoms with van der Waals surface area (Å²) in [6.07, 6.45) is 9.18. The van der Waals surface area contributed by atoms with Gasteiger partial charge in [0.05, 0.1) is 5.69 Å². The number of H-pyrrole nitrogens is 1. The summed E-state index contributed by atoms with van der Waals surface area (Å²) in [5.41, 5.74) is 1.75. The van der Waals surface area contributed by atoms with Gasteiger partial charge in [-0.3, -0.25) is 0 Å². The zero-order chi connectivity index (χ0) is 14.2. The minimum absolute atomic E-state index is 0.573. The summed E-state index contributed by atoms with van der Waals surface area (Å²) in [7, 11) is 0. The average Bonchev–Trinajstić information content (AvgIpc) is 3.15. The van der Waals surface area contributed by atoms with Gasteiger partial charge in [0.25, 0.3) is 0 Å². The van der Waals surface area contributed by atoms with E-state index in [1.807, 2.05) is 6.92 Å². The average molecular weight is 286 g/mol. The first-order valence-corrected chi connectivity index (χ1v) is 8.13. The number of nitrogens with zero attached hydrogens (tertiary/aromatic N) is 5. The molecule has 6 heteroatoms. The van der Waals surface area contributed by atoms with E-state index in [0.29, 0.717) is 5.92 Å². The van der Waals surface area contributed by atoms with E-state index in [1.165, 1.54) is 44.9 Å². The fourth-order valence-electron chi connectivity index (χ4n) is 3.29. The Morgan fingerprint density at radius 1 is 1.10 bits per heavy atom. The maximum atomic E-state index is 4.79. The zero-order valence-electron chi connectivity index (χ0n) is 12.5. The van der Waals surface area contributed by atoms with Crippen LogP contribution in [-0.4, -0.2) is 30.2 Å². The molecule has 2 aliphatic carbocycles. The van der Waals surface area contributed by atoms with E-state index in [0.717, 1.165) is 35.5 Å². The molecular weight excluding hydrogens is 264 g/mol. The highest BCUT2D eigenvalue weighted by Gasteiger charge is 2.30. The molecule has 1 N–H and O–H groups in total. The van der Waals surface area contributed by atoms with Gasteiger partial charge in [0, 0.05) is 12.5 Å². The molecule has 0 saturated heterocycles. The summed E-state index contributed by atoms with van der Waals surface area (Å²) in [6, 6.07) is 0. The monoisotopic (exact) mass is 286 g/mol. The fraction of sp³-hybridized carbons (Fsp3) is 0.733. The van der Waals surface area contributed by atoms with Crippen molar-refractivity contribution < 1.29 is 0 Å². The van der Waals surface area contributed by atoms with Gasteiger partial charge in [-0.05, 0) is 38.5 Å². The molecule has 4 rings (SSSR count). The number of nitrogens with one attached hydrogen (secondary N) is 1. The first kappa shape index (κ1) is 13.0. The largest absolute Gasteiger partial charge is 0.244 e. The second-order valence-electron chi connectivity index (χ2n) is 6.51. The van der Waals surface area contributed by atoms with Crippen molar-refractivity contribution in [3.8, 4) is 11.5 Å². The molecule has 2 aromatic heterocycles. The van der Waals surface area contributed by atoms with Crippen LogP contribution in [0, 0.1) is 12.8 Å². The molecule has 0 aromatic carbocycles. The smallest absolute Gasteiger partial charge is 0.180 e. The summed E-state index contributed by atoms with van der Waals surface area (Å²) in [5, 5.41) is 15.9. The molecule has 0 radical (unpaired) electrons. The van der Waals surface area contributed by atoms with Crippen LogP contribution in [0.3, 0.4) is 0 Å². The molecule has 0 amide bonds. The Kier molecular flexibility index (Phi) is 3.24. The number of aryl methyl sites for hydroxylation is 1. The summed E-state index contributed by atoms with van der Waals surface area (Å²) < 4.78 is 2.09. The normalized spacial score (nSPS) is 20.0. The lowest BCUT2D eigenvalue weighted by molar-refractivity contribution is 0.308. The van der Waals surface area contributed by atoms with Crippen molar-refractivity contribution in [1.29, 1.82) is 0 Å². The Balaban J connectivity index is 1.65. The minimum atomic E-state index is 0.573. The van der Waals surface area contributed by atoms with E-state index in [-0.39, 0.29) is 0 Å². The lowest BCUT2D eigenvalue weighted by Crippen LogP contribution is -2.16. The predicted molar refractivity (Wildman–Crippen MR) is 78.7 cm³/mol. The van der Waals surface area contributed by atoms with Crippen LogP contribution in [0.4, 0.5) is 0 Å². The summed E-state index contributed by atoms with van der Waals surface area (Å²) in [5.74, 6) is 3.21. The second-order valence-corrected chi connectivity index (χ2v) is 6.51. The number of hydrogen-bond donors (Lipinski definition) is 1. The Morgan fingerprint density at radius 2 is 1.90 bits per heavy atom. The van der Waals surface area contributed by atoms with E-state index in [4.69, 9.17) is 10.1 Å². The highest BCUT2D eigenvalue weighted by Crippen LogP contribution is 2.39. The molecule has 0 spiro atoms. The molecule has 112 valence electrons. The SMILES string of the molecule is Cc1n[nH]nc1-c1nc(C2CC2)nn1CC1CCCCC1. The van der Waals surface area contributed by atoms with Gasteiger partial charge in [-0.25, -0.2) is 9.67 Å². The lowest BCUT2D eigenvalue weighted by Gasteiger charge is -2.21. The topological polar surface area (TPSA) is 72.3 Å². The molecule has 0 bridgehead atoms. The molecule has 2 heterocycles. The van der Waals surface area contributed by atoms with Gasteiger partial charge in [-0.15, -0.1) is 0 Å². The molecule has 2 aliphatic rings. The Labute approximate surface area is 124 Å². The van der Waals surface area contributed by atoms with Crippen LogP contribution in [0.1, 0.15) is 62.4 Å². The third-order valence-corrected chi connectivity index (χ3v) is 4.72. The first-order chi connectivity index (χ1) is 10.3. The summed E-state index contributed by atoms with van der Waals surface area (Å²) in [6.45, 7) is 2.94.